The van der Waals surface area contributed by atoms with Gasteiger partial charge in [-0.2, -0.15) is 0 Å². The van der Waals surface area contributed by atoms with Crippen LogP contribution in [0.25, 0.3) is 0 Å². The summed E-state index contributed by atoms with van der Waals surface area (Å²) >= 11 is 11.8. The van der Waals surface area contributed by atoms with Gasteiger partial charge < -0.3 is 15.4 Å². The predicted octanol–water partition coefficient (Wildman–Crippen LogP) is 2.96. The summed E-state index contributed by atoms with van der Waals surface area (Å²) in [5.74, 6) is 0.787. The van der Waals surface area contributed by atoms with Crippen molar-refractivity contribution >= 4 is 29.1 Å². The quantitative estimate of drug-likeness (QED) is 0.923. The Balaban J connectivity index is 1.93. The minimum absolute atomic E-state index is 0.00904. The second-order valence-electron chi connectivity index (χ2n) is 5.66. The standard InChI is InChI=1S/C15H20Cl2N2O2/c1-9(2)14(18)15(20)19-6-5-11(8-19)21-10-3-4-12(16)13(17)7-10/h3-4,7,9,11,14H,5-6,8,18H2,1-2H3/t11?,14-/m0/s1. The van der Waals surface area contributed by atoms with E-state index in [1.54, 1.807) is 23.1 Å². The van der Waals surface area contributed by atoms with Crippen LogP contribution in [0.1, 0.15) is 20.3 Å². The number of hydrogen-bond donors (Lipinski definition) is 1. The van der Waals surface area contributed by atoms with Gasteiger partial charge in [0, 0.05) is 19.0 Å². The average molecular weight is 331 g/mol. The Bertz CT molecular complexity index is 522. The van der Waals surface area contributed by atoms with E-state index in [4.69, 9.17) is 33.7 Å². The molecule has 1 heterocycles. The van der Waals surface area contributed by atoms with Gasteiger partial charge in [-0.25, -0.2) is 0 Å². The molecule has 1 aromatic carbocycles. The average Bonchev–Trinajstić information content (AvgIpc) is 2.89. The van der Waals surface area contributed by atoms with Gasteiger partial charge in [0.15, 0.2) is 0 Å². The van der Waals surface area contributed by atoms with Crippen molar-refractivity contribution in [1.29, 1.82) is 0 Å². The van der Waals surface area contributed by atoms with Crippen LogP contribution in [-0.4, -0.2) is 36.0 Å². The fraction of sp³-hybridized carbons (Fsp3) is 0.533. The van der Waals surface area contributed by atoms with Gasteiger partial charge in [-0.1, -0.05) is 37.0 Å². The molecular formula is C15H20Cl2N2O2. The molecule has 116 valence electrons. The Kier molecular flexibility index (Phi) is 5.36. The molecule has 2 atom stereocenters. The Morgan fingerprint density at radius 3 is 2.71 bits per heavy atom. The molecule has 1 aliphatic heterocycles. The van der Waals surface area contributed by atoms with Crippen LogP contribution >= 0.6 is 23.2 Å². The molecule has 21 heavy (non-hydrogen) atoms. The molecule has 1 amide bonds. The summed E-state index contributed by atoms with van der Waals surface area (Å²) in [4.78, 5) is 14.0. The predicted molar refractivity (Wildman–Crippen MR) is 84.9 cm³/mol. The molecule has 1 unspecified atom stereocenters. The van der Waals surface area contributed by atoms with E-state index >= 15 is 0 Å². The summed E-state index contributed by atoms with van der Waals surface area (Å²) in [5, 5.41) is 0.956. The molecule has 0 saturated carbocycles. The Morgan fingerprint density at radius 1 is 1.38 bits per heavy atom. The van der Waals surface area contributed by atoms with E-state index in [1.165, 1.54) is 0 Å². The van der Waals surface area contributed by atoms with Gasteiger partial charge >= 0.3 is 0 Å². The zero-order valence-corrected chi connectivity index (χ0v) is 13.7. The maximum absolute atomic E-state index is 12.2. The summed E-state index contributed by atoms with van der Waals surface area (Å²) in [6.45, 7) is 5.12. The van der Waals surface area contributed by atoms with Crippen LogP contribution < -0.4 is 10.5 Å². The van der Waals surface area contributed by atoms with Gasteiger partial charge in [-0.3, -0.25) is 4.79 Å². The minimum Gasteiger partial charge on any atom is -0.488 e. The number of carbonyl (C=O) groups excluding carboxylic acids is 1. The highest BCUT2D eigenvalue weighted by molar-refractivity contribution is 6.42. The lowest BCUT2D eigenvalue weighted by Gasteiger charge is -2.23. The number of ether oxygens (including phenoxy) is 1. The first-order chi connectivity index (χ1) is 9.88. The lowest BCUT2D eigenvalue weighted by molar-refractivity contribution is -0.132. The topological polar surface area (TPSA) is 55.6 Å². The van der Waals surface area contributed by atoms with Crippen LogP contribution in [0.4, 0.5) is 0 Å². The molecule has 1 aromatic rings. The smallest absolute Gasteiger partial charge is 0.239 e. The number of rotatable bonds is 4. The normalized spacial score (nSPS) is 19.9. The number of hydrogen-bond acceptors (Lipinski definition) is 3. The van der Waals surface area contributed by atoms with Crippen molar-refractivity contribution in [1.82, 2.24) is 4.90 Å². The van der Waals surface area contributed by atoms with Crippen LogP contribution in [0, 0.1) is 5.92 Å². The maximum Gasteiger partial charge on any atom is 0.239 e. The number of amides is 1. The number of carbonyl (C=O) groups is 1. The molecule has 1 saturated heterocycles. The first-order valence-electron chi connectivity index (χ1n) is 7.04. The monoisotopic (exact) mass is 330 g/mol. The van der Waals surface area contributed by atoms with Crippen LogP contribution in [0.5, 0.6) is 5.75 Å². The van der Waals surface area contributed by atoms with Gasteiger partial charge in [-0.15, -0.1) is 0 Å². The molecule has 0 aromatic heterocycles. The van der Waals surface area contributed by atoms with Gasteiger partial charge in [-0.05, 0) is 18.1 Å². The third-order valence-electron chi connectivity index (χ3n) is 3.65. The van der Waals surface area contributed by atoms with E-state index in [0.29, 0.717) is 28.9 Å². The Morgan fingerprint density at radius 2 is 2.10 bits per heavy atom. The second kappa shape index (κ2) is 6.86. The first kappa shape index (κ1) is 16.4. The highest BCUT2D eigenvalue weighted by atomic mass is 35.5. The number of nitrogens with two attached hydrogens (primary N) is 1. The molecule has 0 spiro atoms. The van der Waals surface area contributed by atoms with Gasteiger partial charge in [0.25, 0.3) is 0 Å². The van der Waals surface area contributed by atoms with E-state index in [2.05, 4.69) is 0 Å². The minimum atomic E-state index is -0.450. The molecule has 6 heteroatoms. The maximum atomic E-state index is 12.2. The van der Waals surface area contributed by atoms with Crippen molar-refractivity contribution in [2.45, 2.75) is 32.4 Å². The highest BCUT2D eigenvalue weighted by Crippen LogP contribution is 2.28. The van der Waals surface area contributed by atoms with Crippen molar-refractivity contribution in [2.24, 2.45) is 11.7 Å². The summed E-state index contributed by atoms with van der Waals surface area (Å²) in [6.07, 6.45) is 0.752. The van der Waals surface area contributed by atoms with Crippen molar-refractivity contribution < 1.29 is 9.53 Å². The van der Waals surface area contributed by atoms with E-state index < -0.39 is 6.04 Å². The third kappa shape index (κ3) is 4.02. The molecular weight excluding hydrogens is 311 g/mol. The van der Waals surface area contributed by atoms with Crippen LogP contribution in [0.15, 0.2) is 18.2 Å². The fourth-order valence-electron chi connectivity index (χ4n) is 2.26. The van der Waals surface area contributed by atoms with Gasteiger partial charge in [0.05, 0.1) is 22.6 Å². The molecule has 1 aliphatic rings. The van der Waals surface area contributed by atoms with Crippen molar-refractivity contribution in [3.63, 3.8) is 0 Å². The lowest BCUT2D eigenvalue weighted by atomic mass is 10.0. The summed E-state index contributed by atoms with van der Waals surface area (Å²) < 4.78 is 5.85. The Hall–Kier alpha value is -0.970. The van der Waals surface area contributed by atoms with Crippen LogP contribution in [-0.2, 0) is 4.79 Å². The first-order valence-corrected chi connectivity index (χ1v) is 7.80. The third-order valence-corrected chi connectivity index (χ3v) is 4.39. The Labute approximate surface area is 135 Å². The van der Waals surface area contributed by atoms with E-state index in [-0.39, 0.29) is 17.9 Å². The summed E-state index contributed by atoms with van der Waals surface area (Å²) in [6, 6.07) is 4.71. The van der Waals surface area contributed by atoms with Gasteiger partial charge in [0.1, 0.15) is 11.9 Å². The molecule has 0 radical (unpaired) electrons. The van der Waals surface area contributed by atoms with E-state index in [1.807, 2.05) is 13.8 Å². The van der Waals surface area contributed by atoms with Gasteiger partial charge in [0.2, 0.25) is 5.91 Å². The molecule has 2 N–H and O–H groups in total. The largest absolute Gasteiger partial charge is 0.488 e. The molecule has 1 fully saturated rings. The van der Waals surface area contributed by atoms with Crippen molar-refractivity contribution in [3.05, 3.63) is 28.2 Å². The number of halogens is 2. The summed E-state index contributed by atoms with van der Waals surface area (Å²) in [5.41, 5.74) is 5.91. The number of nitrogens with zero attached hydrogens (tertiary/aromatic N) is 1. The number of benzene rings is 1. The molecule has 2 rings (SSSR count). The highest BCUT2D eigenvalue weighted by Gasteiger charge is 2.31. The second-order valence-corrected chi connectivity index (χ2v) is 6.47. The summed E-state index contributed by atoms with van der Waals surface area (Å²) in [7, 11) is 0. The van der Waals surface area contributed by atoms with Crippen LogP contribution in [0.3, 0.4) is 0 Å². The van der Waals surface area contributed by atoms with E-state index in [9.17, 15) is 4.79 Å². The SMILES string of the molecule is CC(C)[C@H](N)C(=O)N1CCC(Oc2ccc(Cl)c(Cl)c2)C1. The van der Waals surface area contributed by atoms with Crippen molar-refractivity contribution in [2.75, 3.05) is 13.1 Å². The van der Waals surface area contributed by atoms with Crippen LogP contribution in [0.2, 0.25) is 10.0 Å². The van der Waals surface area contributed by atoms with E-state index in [0.717, 1.165) is 6.42 Å². The zero-order valence-electron chi connectivity index (χ0n) is 12.2. The molecule has 0 aliphatic carbocycles. The number of likely N-dealkylation sites (tertiary alicyclic amines) is 1. The molecule has 4 nitrogen and oxygen atoms in total. The zero-order chi connectivity index (χ0) is 15.6. The lowest BCUT2D eigenvalue weighted by Crippen LogP contribution is -2.46. The van der Waals surface area contributed by atoms with Crippen molar-refractivity contribution in [3.8, 4) is 5.75 Å². The molecule has 0 bridgehead atoms. The fourth-order valence-corrected chi connectivity index (χ4v) is 2.55.